The standard InChI is InChI=1S/C25H37NO2/c1-4-6-7-8-9-12-17-26-19-22-15-16-24(25(18-22)27-5-2)28-20-23-14-11-10-13-21(23)3/h10-11,13-16,18,26H,4-9,12,17,19-20H2,1-3H3. The molecule has 0 aliphatic heterocycles. The van der Waals surface area contributed by atoms with Gasteiger partial charge in [0.25, 0.3) is 0 Å². The maximum atomic E-state index is 6.06. The second kappa shape index (κ2) is 13.2. The molecule has 0 aromatic heterocycles. The van der Waals surface area contributed by atoms with Crippen molar-refractivity contribution in [2.24, 2.45) is 0 Å². The SMILES string of the molecule is CCCCCCCCNCc1ccc(OCc2ccccc2C)c(OCC)c1. The van der Waals surface area contributed by atoms with E-state index in [1.54, 1.807) is 0 Å². The van der Waals surface area contributed by atoms with Gasteiger partial charge in [0.1, 0.15) is 6.61 Å². The Balaban J connectivity index is 1.81. The minimum atomic E-state index is 0.558. The molecule has 2 aromatic carbocycles. The number of unbranched alkanes of at least 4 members (excludes halogenated alkanes) is 5. The maximum Gasteiger partial charge on any atom is 0.161 e. The van der Waals surface area contributed by atoms with Crippen molar-refractivity contribution in [1.82, 2.24) is 5.32 Å². The summed E-state index contributed by atoms with van der Waals surface area (Å²) in [6.45, 7) is 9.51. The summed E-state index contributed by atoms with van der Waals surface area (Å²) in [6, 6.07) is 14.6. The Hall–Kier alpha value is -2.00. The molecule has 0 spiro atoms. The van der Waals surface area contributed by atoms with Gasteiger partial charge in [-0.25, -0.2) is 0 Å². The van der Waals surface area contributed by atoms with Gasteiger partial charge < -0.3 is 14.8 Å². The first-order valence-corrected chi connectivity index (χ1v) is 10.9. The molecule has 1 N–H and O–H groups in total. The van der Waals surface area contributed by atoms with Gasteiger partial charge in [-0.15, -0.1) is 0 Å². The zero-order chi connectivity index (χ0) is 20.0. The third-order valence-electron chi connectivity index (χ3n) is 4.99. The summed E-state index contributed by atoms with van der Waals surface area (Å²) in [5.74, 6) is 1.64. The van der Waals surface area contributed by atoms with Crippen LogP contribution in [0.15, 0.2) is 42.5 Å². The summed E-state index contributed by atoms with van der Waals surface area (Å²) in [5.41, 5.74) is 3.68. The van der Waals surface area contributed by atoms with E-state index in [0.717, 1.165) is 24.6 Å². The van der Waals surface area contributed by atoms with Crippen LogP contribution in [0, 0.1) is 6.92 Å². The Kier molecular flexibility index (Phi) is 10.5. The quantitative estimate of drug-likeness (QED) is 0.382. The highest BCUT2D eigenvalue weighted by Crippen LogP contribution is 2.29. The van der Waals surface area contributed by atoms with E-state index in [0.29, 0.717) is 13.2 Å². The molecule has 0 radical (unpaired) electrons. The number of aryl methyl sites for hydroxylation is 1. The molecule has 0 saturated carbocycles. The van der Waals surface area contributed by atoms with E-state index in [2.05, 4.69) is 49.5 Å². The molecule has 0 aliphatic rings. The Morgan fingerprint density at radius 2 is 1.61 bits per heavy atom. The van der Waals surface area contributed by atoms with Crippen LogP contribution in [0.1, 0.15) is 69.1 Å². The topological polar surface area (TPSA) is 30.5 Å². The van der Waals surface area contributed by atoms with Crippen LogP contribution in [0.25, 0.3) is 0 Å². The van der Waals surface area contributed by atoms with Crippen LogP contribution >= 0.6 is 0 Å². The van der Waals surface area contributed by atoms with E-state index >= 15 is 0 Å². The van der Waals surface area contributed by atoms with Crippen molar-refractivity contribution in [3.63, 3.8) is 0 Å². The molecule has 0 atom stereocenters. The van der Waals surface area contributed by atoms with Crippen molar-refractivity contribution in [2.45, 2.75) is 72.4 Å². The summed E-state index contributed by atoms with van der Waals surface area (Å²) in [6.07, 6.45) is 7.98. The molecule has 0 amide bonds. The minimum absolute atomic E-state index is 0.558. The lowest BCUT2D eigenvalue weighted by molar-refractivity contribution is 0.268. The lowest BCUT2D eigenvalue weighted by Crippen LogP contribution is -2.14. The van der Waals surface area contributed by atoms with Gasteiger partial charge in [0.2, 0.25) is 0 Å². The summed E-state index contributed by atoms with van der Waals surface area (Å²) < 4.78 is 11.9. The van der Waals surface area contributed by atoms with Crippen molar-refractivity contribution in [3.8, 4) is 11.5 Å². The van der Waals surface area contributed by atoms with E-state index in [9.17, 15) is 0 Å². The van der Waals surface area contributed by atoms with Crippen molar-refractivity contribution in [3.05, 3.63) is 59.2 Å². The average molecular weight is 384 g/mol. The van der Waals surface area contributed by atoms with Crippen molar-refractivity contribution in [2.75, 3.05) is 13.2 Å². The van der Waals surface area contributed by atoms with Gasteiger partial charge >= 0.3 is 0 Å². The molecule has 0 aliphatic carbocycles. The molecule has 0 fully saturated rings. The van der Waals surface area contributed by atoms with Crippen LogP contribution in [0.2, 0.25) is 0 Å². The van der Waals surface area contributed by atoms with E-state index in [1.165, 1.54) is 55.2 Å². The molecule has 0 saturated heterocycles. The smallest absolute Gasteiger partial charge is 0.161 e. The molecule has 2 aromatic rings. The molecular weight excluding hydrogens is 346 g/mol. The van der Waals surface area contributed by atoms with Crippen LogP contribution in [-0.2, 0) is 13.2 Å². The molecule has 3 heteroatoms. The number of nitrogens with one attached hydrogen (secondary N) is 1. The van der Waals surface area contributed by atoms with Crippen LogP contribution < -0.4 is 14.8 Å². The molecule has 0 unspecified atom stereocenters. The molecule has 2 rings (SSSR count). The normalized spacial score (nSPS) is 10.8. The van der Waals surface area contributed by atoms with Crippen LogP contribution in [0.3, 0.4) is 0 Å². The van der Waals surface area contributed by atoms with Gasteiger partial charge in [0, 0.05) is 6.54 Å². The van der Waals surface area contributed by atoms with E-state index in [1.807, 2.05) is 19.1 Å². The van der Waals surface area contributed by atoms with Crippen molar-refractivity contribution >= 4 is 0 Å². The lowest BCUT2D eigenvalue weighted by atomic mass is 10.1. The minimum Gasteiger partial charge on any atom is -0.490 e. The van der Waals surface area contributed by atoms with Gasteiger partial charge in [-0.3, -0.25) is 0 Å². The summed E-state index contributed by atoms with van der Waals surface area (Å²) in [7, 11) is 0. The largest absolute Gasteiger partial charge is 0.490 e. The third kappa shape index (κ3) is 7.93. The monoisotopic (exact) mass is 383 g/mol. The van der Waals surface area contributed by atoms with Crippen molar-refractivity contribution < 1.29 is 9.47 Å². The van der Waals surface area contributed by atoms with Crippen LogP contribution in [0.5, 0.6) is 11.5 Å². The highest BCUT2D eigenvalue weighted by atomic mass is 16.5. The van der Waals surface area contributed by atoms with Gasteiger partial charge in [-0.05, 0) is 55.6 Å². The molecule has 3 nitrogen and oxygen atoms in total. The van der Waals surface area contributed by atoms with E-state index in [-0.39, 0.29) is 0 Å². The first-order valence-electron chi connectivity index (χ1n) is 10.9. The lowest BCUT2D eigenvalue weighted by Gasteiger charge is -2.14. The highest BCUT2D eigenvalue weighted by Gasteiger charge is 2.08. The van der Waals surface area contributed by atoms with E-state index in [4.69, 9.17) is 9.47 Å². The zero-order valence-electron chi connectivity index (χ0n) is 17.9. The second-order valence-corrected chi connectivity index (χ2v) is 7.37. The summed E-state index contributed by atoms with van der Waals surface area (Å²) in [4.78, 5) is 0. The first kappa shape index (κ1) is 22.3. The predicted octanol–water partition coefficient (Wildman–Crippen LogP) is 6.42. The number of ether oxygens (including phenoxy) is 2. The van der Waals surface area contributed by atoms with Gasteiger partial charge in [0.05, 0.1) is 6.61 Å². The number of hydrogen-bond acceptors (Lipinski definition) is 3. The van der Waals surface area contributed by atoms with Gasteiger partial charge in [0.15, 0.2) is 11.5 Å². The number of benzene rings is 2. The molecule has 0 bridgehead atoms. The fourth-order valence-corrected chi connectivity index (χ4v) is 3.24. The van der Waals surface area contributed by atoms with Crippen LogP contribution in [0.4, 0.5) is 0 Å². The molecule has 154 valence electrons. The fourth-order valence-electron chi connectivity index (χ4n) is 3.24. The molecule has 28 heavy (non-hydrogen) atoms. The molecule has 0 heterocycles. The second-order valence-electron chi connectivity index (χ2n) is 7.37. The number of hydrogen-bond donors (Lipinski definition) is 1. The summed E-state index contributed by atoms with van der Waals surface area (Å²) >= 11 is 0. The Labute approximate surface area is 171 Å². The predicted molar refractivity (Wildman–Crippen MR) is 118 cm³/mol. The number of rotatable bonds is 14. The Morgan fingerprint density at radius 3 is 2.39 bits per heavy atom. The Morgan fingerprint density at radius 1 is 0.821 bits per heavy atom. The molecular formula is C25H37NO2. The first-order chi connectivity index (χ1) is 13.7. The van der Waals surface area contributed by atoms with E-state index < -0.39 is 0 Å². The van der Waals surface area contributed by atoms with Crippen molar-refractivity contribution in [1.29, 1.82) is 0 Å². The Bertz CT molecular complexity index is 684. The fraction of sp³-hybridized carbons (Fsp3) is 0.520. The maximum absolute atomic E-state index is 6.06. The highest BCUT2D eigenvalue weighted by molar-refractivity contribution is 5.43. The third-order valence-corrected chi connectivity index (χ3v) is 4.99. The van der Waals surface area contributed by atoms with Gasteiger partial charge in [-0.2, -0.15) is 0 Å². The van der Waals surface area contributed by atoms with Gasteiger partial charge in [-0.1, -0.05) is 69.4 Å². The van der Waals surface area contributed by atoms with Crippen LogP contribution in [-0.4, -0.2) is 13.2 Å². The average Bonchev–Trinajstić information content (AvgIpc) is 2.70. The zero-order valence-corrected chi connectivity index (χ0v) is 17.9. The summed E-state index contributed by atoms with van der Waals surface area (Å²) in [5, 5.41) is 3.55.